The van der Waals surface area contributed by atoms with Crippen LogP contribution < -0.4 is 10.6 Å². The summed E-state index contributed by atoms with van der Waals surface area (Å²) in [5.74, 6) is 1.01. The molecule has 0 aromatic carbocycles. The second-order valence-corrected chi connectivity index (χ2v) is 4.03. The van der Waals surface area contributed by atoms with Gasteiger partial charge in [0.25, 0.3) is 0 Å². The van der Waals surface area contributed by atoms with E-state index < -0.39 is 0 Å². The Labute approximate surface area is 104 Å². The molecule has 0 saturated carbocycles. The fourth-order valence-electron chi connectivity index (χ4n) is 1.72. The summed E-state index contributed by atoms with van der Waals surface area (Å²) < 4.78 is 7.50. The Morgan fingerprint density at radius 2 is 2.29 bits per heavy atom. The van der Waals surface area contributed by atoms with Crippen LogP contribution in [-0.4, -0.2) is 42.9 Å². The molecular weight excluding hydrogens is 216 g/mol. The van der Waals surface area contributed by atoms with Gasteiger partial charge in [0, 0.05) is 45.7 Å². The summed E-state index contributed by atoms with van der Waals surface area (Å²) in [5.41, 5.74) is 5.51. The molecule has 0 spiro atoms. The average Bonchev–Trinajstić information content (AvgIpc) is 2.80. The minimum atomic E-state index is 0.718. The molecule has 5 nitrogen and oxygen atoms in total. The van der Waals surface area contributed by atoms with Crippen molar-refractivity contribution in [2.45, 2.75) is 26.3 Å². The molecular formula is C12H24N4O. The van der Waals surface area contributed by atoms with Crippen molar-refractivity contribution in [2.75, 3.05) is 38.3 Å². The smallest absolute Gasteiger partial charge is 0.205 e. The van der Waals surface area contributed by atoms with Crippen LogP contribution in [-0.2, 0) is 11.3 Å². The second kappa shape index (κ2) is 8.08. The predicted molar refractivity (Wildman–Crippen MR) is 70.3 cm³/mol. The molecule has 1 rings (SSSR count). The Morgan fingerprint density at radius 3 is 3.00 bits per heavy atom. The van der Waals surface area contributed by atoms with E-state index in [2.05, 4.69) is 21.5 Å². The molecule has 1 aromatic heterocycles. The SMILES string of the molecule is CCOCCCn1ccnc1N(C)CCCN. The van der Waals surface area contributed by atoms with Crippen LogP contribution in [0.25, 0.3) is 0 Å². The zero-order chi connectivity index (χ0) is 12.5. The summed E-state index contributed by atoms with van der Waals surface area (Å²) in [7, 11) is 2.05. The fraction of sp³-hybridized carbons (Fsp3) is 0.750. The number of anilines is 1. The molecule has 0 aliphatic carbocycles. The quantitative estimate of drug-likeness (QED) is 0.657. The maximum absolute atomic E-state index is 5.51. The first-order valence-corrected chi connectivity index (χ1v) is 6.29. The highest BCUT2D eigenvalue weighted by atomic mass is 16.5. The number of hydrogen-bond donors (Lipinski definition) is 1. The van der Waals surface area contributed by atoms with Gasteiger partial charge in [-0.2, -0.15) is 0 Å². The summed E-state index contributed by atoms with van der Waals surface area (Å²) in [6.45, 7) is 6.22. The summed E-state index contributed by atoms with van der Waals surface area (Å²) in [6.07, 6.45) is 5.86. The maximum Gasteiger partial charge on any atom is 0.205 e. The first-order chi connectivity index (χ1) is 8.29. The van der Waals surface area contributed by atoms with Crippen molar-refractivity contribution in [2.24, 2.45) is 5.73 Å². The molecule has 0 bridgehead atoms. The molecule has 0 aliphatic rings. The highest BCUT2D eigenvalue weighted by molar-refractivity contribution is 5.29. The van der Waals surface area contributed by atoms with Gasteiger partial charge in [0.05, 0.1) is 0 Å². The highest BCUT2D eigenvalue weighted by Gasteiger charge is 2.07. The normalized spacial score (nSPS) is 10.8. The molecule has 17 heavy (non-hydrogen) atoms. The second-order valence-electron chi connectivity index (χ2n) is 4.03. The van der Waals surface area contributed by atoms with Crippen LogP contribution in [0.5, 0.6) is 0 Å². The van der Waals surface area contributed by atoms with Crippen molar-refractivity contribution in [1.29, 1.82) is 0 Å². The van der Waals surface area contributed by atoms with E-state index in [0.29, 0.717) is 0 Å². The van der Waals surface area contributed by atoms with E-state index in [9.17, 15) is 0 Å². The number of imidazole rings is 1. The first-order valence-electron chi connectivity index (χ1n) is 6.29. The van der Waals surface area contributed by atoms with Crippen LogP contribution in [0.15, 0.2) is 12.4 Å². The largest absolute Gasteiger partial charge is 0.382 e. The van der Waals surface area contributed by atoms with E-state index >= 15 is 0 Å². The molecule has 1 heterocycles. The lowest BCUT2D eigenvalue weighted by atomic mass is 10.4. The topological polar surface area (TPSA) is 56.3 Å². The molecule has 2 N–H and O–H groups in total. The Kier molecular flexibility index (Phi) is 6.65. The van der Waals surface area contributed by atoms with Gasteiger partial charge in [-0.15, -0.1) is 0 Å². The van der Waals surface area contributed by atoms with Gasteiger partial charge >= 0.3 is 0 Å². The van der Waals surface area contributed by atoms with Gasteiger partial charge in [-0.1, -0.05) is 0 Å². The number of nitrogens with two attached hydrogens (primary N) is 1. The van der Waals surface area contributed by atoms with Crippen molar-refractivity contribution in [3.05, 3.63) is 12.4 Å². The van der Waals surface area contributed by atoms with E-state index in [-0.39, 0.29) is 0 Å². The van der Waals surface area contributed by atoms with E-state index in [1.807, 2.05) is 19.3 Å². The molecule has 5 heteroatoms. The van der Waals surface area contributed by atoms with Crippen molar-refractivity contribution in [1.82, 2.24) is 9.55 Å². The van der Waals surface area contributed by atoms with Gasteiger partial charge in [-0.3, -0.25) is 0 Å². The molecule has 1 aromatic rings. The molecule has 0 fully saturated rings. The van der Waals surface area contributed by atoms with Crippen LogP contribution in [0.2, 0.25) is 0 Å². The van der Waals surface area contributed by atoms with Gasteiger partial charge in [0.2, 0.25) is 5.95 Å². The molecule has 0 amide bonds. The molecule has 0 aliphatic heterocycles. The van der Waals surface area contributed by atoms with Crippen LogP contribution in [0.3, 0.4) is 0 Å². The Hall–Kier alpha value is -1.07. The number of ether oxygens (including phenoxy) is 1. The number of rotatable bonds is 9. The zero-order valence-corrected chi connectivity index (χ0v) is 10.9. The summed E-state index contributed by atoms with van der Waals surface area (Å²) in [4.78, 5) is 6.52. The molecule has 0 radical (unpaired) electrons. The minimum absolute atomic E-state index is 0.718. The lowest BCUT2D eigenvalue weighted by Gasteiger charge is -2.19. The standard InChI is InChI=1S/C12H24N4O/c1-3-17-11-5-9-16-10-7-14-12(16)15(2)8-4-6-13/h7,10H,3-6,8-9,11,13H2,1-2H3. The number of hydrogen-bond acceptors (Lipinski definition) is 4. The monoisotopic (exact) mass is 240 g/mol. The van der Waals surface area contributed by atoms with Crippen LogP contribution in [0.4, 0.5) is 5.95 Å². The number of aromatic nitrogens is 2. The van der Waals surface area contributed by atoms with Crippen LogP contribution in [0.1, 0.15) is 19.8 Å². The first kappa shape index (κ1) is 14.0. The third-order valence-electron chi connectivity index (χ3n) is 2.62. The Bertz CT molecular complexity index is 300. The number of nitrogens with zero attached hydrogens (tertiary/aromatic N) is 3. The van der Waals surface area contributed by atoms with Gasteiger partial charge in [0.1, 0.15) is 0 Å². The third-order valence-corrected chi connectivity index (χ3v) is 2.62. The van der Waals surface area contributed by atoms with E-state index in [1.54, 1.807) is 0 Å². The summed E-state index contributed by atoms with van der Waals surface area (Å²) in [6, 6.07) is 0. The van der Waals surface area contributed by atoms with Gasteiger partial charge in [-0.25, -0.2) is 4.98 Å². The zero-order valence-electron chi connectivity index (χ0n) is 10.9. The third kappa shape index (κ3) is 4.75. The number of aryl methyl sites for hydroxylation is 1. The van der Waals surface area contributed by atoms with Gasteiger partial charge < -0.3 is 19.9 Å². The van der Waals surface area contributed by atoms with Crippen molar-refractivity contribution in [3.8, 4) is 0 Å². The minimum Gasteiger partial charge on any atom is -0.382 e. The van der Waals surface area contributed by atoms with E-state index in [4.69, 9.17) is 10.5 Å². The van der Waals surface area contributed by atoms with Crippen molar-refractivity contribution >= 4 is 5.95 Å². The predicted octanol–water partition coefficient (Wildman–Crippen LogP) is 1.09. The molecule has 0 unspecified atom stereocenters. The lowest BCUT2D eigenvalue weighted by Crippen LogP contribution is -2.24. The fourth-order valence-corrected chi connectivity index (χ4v) is 1.72. The molecule has 0 atom stereocenters. The van der Waals surface area contributed by atoms with Gasteiger partial charge in [0.15, 0.2) is 0 Å². The summed E-state index contributed by atoms with van der Waals surface area (Å²) >= 11 is 0. The van der Waals surface area contributed by atoms with Gasteiger partial charge in [-0.05, 0) is 26.3 Å². The Morgan fingerprint density at radius 1 is 1.47 bits per heavy atom. The lowest BCUT2D eigenvalue weighted by molar-refractivity contribution is 0.141. The van der Waals surface area contributed by atoms with Crippen molar-refractivity contribution in [3.63, 3.8) is 0 Å². The highest BCUT2D eigenvalue weighted by Crippen LogP contribution is 2.10. The van der Waals surface area contributed by atoms with E-state index in [1.165, 1.54) is 0 Å². The van der Waals surface area contributed by atoms with Crippen molar-refractivity contribution < 1.29 is 4.74 Å². The van der Waals surface area contributed by atoms with Crippen LogP contribution >= 0.6 is 0 Å². The summed E-state index contributed by atoms with van der Waals surface area (Å²) in [5, 5.41) is 0. The Balaban J connectivity index is 2.41. The van der Waals surface area contributed by atoms with E-state index in [0.717, 1.165) is 51.6 Å². The molecule has 98 valence electrons. The maximum atomic E-state index is 5.51. The average molecular weight is 240 g/mol. The molecule has 0 saturated heterocycles. The van der Waals surface area contributed by atoms with Crippen LogP contribution in [0, 0.1) is 0 Å².